The van der Waals surface area contributed by atoms with Crippen molar-refractivity contribution in [2.75, 3.05) is 6.61 Å². The summed E-state index contributed by atoms with van der Waals surface area (Å²) in [6.45, 7) is 4.41. The highest BCUT2D eigenvalue weighted by atomic mass is 17.1. The van der Waals surface area contributed by atoms with Crippen LogP contribution in [0.2, 0.25) is 0 Å². The maximum atomic E-state index is 11.2. The van der Waals surface area contributed by atoms with E-state index in [1.165, 1.54) is 0 Å². The Labute approximate surface area is 171 Å². The lowest BCUT2D eigenvalue weighted by Gasteiger charge is -2.03. The Bertz CT molecular complexity index is 501. The summed E-state index contributed by atoms with van der Waals surface area (Å²) in [6.07, 6.45) is 28.2. The lowest BCUT2D eigenvalue weighted by Crippen LogP contribution is -2.04. The van der Waals surface area contributed by atoms with Crippen LogP contribution in [-0.4, -0.2) is 23.9 Å². The predicted molar refractivity (Wildman–Crippen MR) is 117 cm³/mol. The predicted octanol–water partition coefficient (Wildman–Crippen LogP) is 6.72. The van der Waals surface area contributed by atoms with Crippen molar-refractivity contribution in [2.24, 2.45) is 0 Å². The Morgan fingerprint density at radius 2 is 1.64 bits per heavy atom. The van der Waals surface area contributed by atoms with Crippen molar-refractivity contribution < 1.29 is 19.7 Å². The van der Waals surface area contributed by atoms with Gasteiger partial charge in [0.2, 0.25) is 0 Å². The summed E-state index contributed by atoms with van der Waals surface area (Å²) in [5.74, 6) is -0.0924. The minimum atomic E-state index is -0.318. The first-order chi connectivity index (χ1) is 13.7. The van der Waals surface area contributed by atoms with Crippen LogP contribution in [0.3, 0.4) is 0 Å². The monoisotopic (exact) mass is 390 g/mol. The van der Waals surface area contributed by atoms with E-state index < -0.39 is 0 Å². The van der Waals surface area contributed by atoms with Crippen molar-refractivity contribution in [2.45, 2.75) is 77.7 Å². The average Bonchev–Trinajstić information content (AvgIpc) is 2.69. The fourth-order valence-corrected chi connectivity index (χ4v) is 2.40. The van der Waals surface area contributed by atoms with Gasteiger partial charge >= 0.3 is 5.97 Å². The van der Waals surface area contributed by atoms with Crippen molar-refractivity contribution in [3.63, 3.8) is 0 Å². The van der Waals surface area contributed by atoms with Crippen molar-refractivity contribution in [3.05, 3.63) is 60.8 Å². The minimum absolute atomic E-state index is 0.0924. The van der Waals surface area contributed by atoms with Crippen LogP contribution in [0.25, 0.3) is 0 Å². The first-order valence-corrected chi connectivity index (χ1v) is 10.5. The van der Waals surface area contributed by atoms with E-state index >= 15 is 0 Å². The second kappa shape index (κ2) is 21.4. The highest BCUT2D eigenvalue weighted by molar-refractivity contribution is 5.69. The van der Waals surface area contributed by atoms with Gasteiger partial charge in [-0.25, -0.2) is 4.89 Å². The van der Waals surface area contributed by atoms with Crippen molar-refractivity contribution in [3.8, 4) is 0 Å². The molecule has 0 spiro atoms. The normalized spacial score (nSPS) is 13.7. The molecule has 0 heterocycles. The quantitative estimate of drug-likeness (QED) is 0.0748. The molecule has 0 saturated carbocycles. The molecule has 1 atom stereocenters. The number of unbranched alkanes of at least 4 members (excludes halogenated alkanes) is 3. The maximum Gasteiger partial charge on any atom is 0.305 e. The van der Waals surface area contributed by atoms with E-state index in [9.17, 15) is 4.79 Å². The lowest BCUT2D eigenvalue weighted by atomic mass is 10.1. The molecule has 1 unspecified atom stereocenters. The molecule has 0 fully saturated rings. The molecule has 0 aliphatic carbocycles. The third kappa shape index (κ3) is 18.9. The first-order valence-electron chi connectivity index (χ1n) is 10.5. The van der Waals surface area contributed by atoms with E-state index in [-0.39, 0.29) is 12.1 Å². The van der Waals surface area contributed by atoms with E-state index in [4.69, 9.17) is 9.99 Å². The molecule has 0 aliphatic heterocycles. The molecule has 0 aromatic carbocycles. The van der Waals surface area contributed by atoms with Gasteiger partial charge < -0.3 is 4.74 Å². The van der Waals surface area contributed by atoms with E-state index in [0.717, 1.165) is 44.9 Å². The second-order valence-corrected chi connectivity index (χ2v) is 6.39. The van der Waals surface area contributed by atoms with Crippen LogP contribution >= 0.6 is 0 Å². The Kier molecular flexibility index (Phi) is 19.9. The summed E-state index contributed by atoms with van der Waals surface area (Å²) >= 11 is 0. The van der Waals surface area contributed by atoms with E-state index in [1.807, 2.05) is 31.2 Å². The fourth-order valence-electron chi connectivity index (χ4n) is 2.40. The van der Waals surface area contributed by atoms with Gasteiger partial charge in [-0.1, -0.05) is 74.1 Å². The average molecular weight is 391 g/mol. The Balaban J connectivity index is 3.75. The van der Waals surface area contributed by atoms with Gasteiger partial charge in [0, 0.05) is 6.42 Å². The van der Waals surface area contributed by atoms with Crippen LogP contribution in [0.15, 0.2) is 60.8 Å². The SMILES string of the molecule is CC/C=C\C/C=C\CC(/C=C/C=C\C/C=C\CCCCCC(=O)OCC)OO. The van der Waals surface area contributed by atoms with E-state index in [2.05, 4.69) is 48.3 Å². The number of carbonyl (C=O) groups excluding carboxylic acids is 1. The van der Waals surface area contributed by atoms with Crippen LogP contribution in [-0.2, 0) is 14.4 Å². The van der Waals surface area contributed by atoms with Crippen LogP contribution < -0.4 is 0 Å². The molecular weight excluding hydrogens is 352 g/mol. The van der Waals surface area contributed by atoms with Gasteiger partial charge in [0.05, 0.1) is 6.61 Å². The molecule has 0 saturated heterocycles. The molecule has 158 valence electrons. The second-order valence-electron chi connectivity index (χ2n) is 6.39. The summed E-state index contributed by atoms with van der Waals surface area (Å²) in [5, 5.41) is 8.93. The Morgan fingerprint density at radius 3 is 2.39 bits per heavy atom. The smallest absolute Gasteiger partial charge is 0.305 e. The number of hydrogen-bond acceptors (Lipinski definition) is 4. The lowest BCUT2D eigenvalue weighted by molar-refractivity contribution is -0.264. The fraction of sp³-hybridized carbons (Fsp3) is 0.542. The zero-order chi connectivity index (χ0) is 20.7. The van der Waals surface area contributed by atoms with Crippen molar-refractivity contribution in [1.29, 1.82) is 0 Å². The zero-order valence-electron chi connectivity index (χ0n) is 17.6. The summed E-state index contributed by atoms with van der Waals surface area (Å²) in [4.78, 5) is 15.7. The van der Waals surface area contributed by atoms with Crippen LogP contribution in [0.4, 0.5) is 0 Å². The standard InChI is InChI=1S/C24H38O4/c1-3-5-6-7-14-17-20-23(28-26)21-18-15-12-10-8-9-11-13-16-19-22-24(25)27-4-2/h5-6,8-9,12,14-15,17-18,21,23,26H,3-4,7,10-11,13,16,19-20,22H2,1-2H3/b6-5-,9-8-,15-12-,17-14-,21-18+. The molecule has 0 amide bonds. The van der Waals surface area contributed by atoms with Crippen LogP contribution in [0, 0.1) is 0 Å². The molecule has 0 aromatic heterocycles. The molecule has 1 N–H and O–H groups in total. The first kappa shape index (κ1) is 26.1. The van der Waals surface area contributed by atoms with E-state index in [0.29, 0.717) is 19.4 Å². The molecule has 4 heteroatoms. The highest BCUT2D eigenvalue weighted by Crippen LogP contribution is 2.05. The van der Waals surface area contributed by atoms with Gasteiger partial charge in [-0.2, -0.15) is 0 Å². The molecule has 4 nitrogen and oxygen atoms in total. The van der Waals surface area contributed by atoms with Crippen LogP contribution in [0.5, 0.6) is 0 Å². The van der Waals surface area contributed by atoms with E-state index in [1.54, 1.807) is 0 Å². The third-order valence-corrected chi connectivity index (χ3v) is 3.91. The van der Waals surface area contributed by atoms with Gasteiger partial charge in [0.1, 0.15) is 6.10 Å². The Hall–Kier alpha value is -1.91. The molecule has 0 aromatic rings. The number of hydrogen-bond donors (Lipinski definition) is 1. The molecular formula is C24H38O4. The topological polar surface area (TPSA) is 55.8 Å². The molecule has 0 bridgehead atoms. The van der Waals surface area contributed by atoms with Gasteiger partial charge in [-0.05, 0) is 51.9 Å². The van der Waals surface area contributed by atoms with Gasteiger partial charge in [-0.15, -0.1) is 0 Å². The molecule has 0 radical (unpaired) electrons. The molecule has 28 heavy (non-hydrogen) atoms. The molecule has 0 rings (SSSR count). The number of carbonyl (C=O) groups is 1. The van der Waals surface area contributed by atoms with Crippen molar-refractivity contribution in [1.82, 2.24) is 0 Å². The molecule has 0 aliphatic rings. The highest BCUT2D eigenvalue weighted by Gasteiger charge is 2.00. The van der Waals surface area contributed by atoms with Crippen LogP contribution in [0.1, 0.15) is 71.6 Å². The Morgan fingerprint density at radius 1 is 0.893 bits per heavy atom. The maximum absolute atomic E-state index is 11.2. The van der Waals surface area contributed by atoms with Gasteiger partial charge in [0.25, 0.3) is 0 Å². The van der Waals surface area contributed by atoms with Crippen molar-refractivity contribution >= 4 is 5.97 Å². The summed E-state index contributed by atoms with van der Waals surface area (Å²) in [5.41, 5.74) is 0. The number of rotatable bonds is 17. The summed E-state index contributed by atoms with van der Waals surface area (Å²) in [6, 6.07) is 0. The van der Waals surface area contributed by atoms with Gasteiger partial charge in [-0.3, -0.25) is 10.1 Å². The largest absolute Gasteiger partial charge is 0.466 e. The minimum Gasteiger partial charge on any atom is -0.466 e. The van der Waals surface area contributed by atoms with Gasteiger partial charge in [0.15, 0.2) is 0 Å². The number of allylic oxidation sites excluding steroid dienone is 8. The zero-order valence-corrected chi connectivity index (χ0v) is 17.6. The number of esters is 1. The summed E-state index contributed by atoms with van der Waals surface area (Å²) < 4.78 is 4.90. The third-order valence-electron chi connectivity index (χ3n) is 3.91. The summed E-state index contributed by atoms with van der Waals surface area (Å²) in [7, 11) is 0. The number of ether oxygens (including phenoxy) is 1.